The summed E-state index contributed by atoms with van der Waals surface area (Å²) in [5.41, 5.74) is 2.31. The van der Waals surface area contributed by atoms with Gasteiger partial charge in [-0.3, -0.25) is 0 Å². The fourth-order valence-electron chi connectivity index (χ4n) is 1.52. The van der Waals surface area contributed by atoms with E-state index in [9.17, 15) is 0 Å². The van der Waals surface area contributed by atoms with Gasteiger partial charge in [0.2, 0.25) is 0 Å². The van der Waals surface area contributed by atoms with Crippen LogP contribution in [0.2, 0.25) is 5.02 Å². The van der Waals surface area contributed by atoms with Crippen molar-refractivity contribution in [1.29, 1.82) is 5.26 Å². The third kappa shape index (κ3) is 3.84. The standard InChI is InChI=1S/C15H11ClN2O/c16-15-7-2-1-6-14(15)10-18-19-11-13-5-3-4-12(8-13)9-17/h1-8,10H,11H2. The summed E-state index contributed by atoms with van der Waals surface area (Å²) in [5.74, 6) is 0. The molecule has 0 spiro atoms. The SMILES string of the molecule is N#Cc1cccc(CON=Cc2ccccc2Cl)c1. The van der Waals surface area contributed by atoms with E-state index in [4.69, 9.17) is 21.7 Å². The predicted octanol–water partition coefficient (Wildman–Crippen LogP) is 3.76. The normalized spacial score (nSPS) is 10.3. The van der Waals surface area contributed by atoms with E-state index in [1.807, 2.05) is 30.3 Å². The van der Waals surface area contributed by atoms with Crippen LogP contribution in [0.4, 0.5) is 0 Å². The van der Waals surface area contributed by atoms with Crippen LogP contribution in [0.15, 0.2) is 53.7 Å². The maximum atomic E-state index is 8.78. The molecular formula is C15H11ClN2O. The van der Waals surface area contributed by atoms with Gasteiger partial charge in [0, 0.05) is 10.6 Å². The monoisotopic (exact) mass is 270 g/mol. The summed E-state index contributed by atoms with van der Waals surface area (Å²) in [7, 11) is 0. The average Bonchev–Trinajstić information content (AvgIpc) is 2.45. The maximum absolute atomic E-state index is 8.78. The first kappa shape index (κ1) is 13.1. The zero-order chi connectivity index (χ0) is 13.5. The molecule has 0 fully saturated rings. The quantitative estimate of drug-likeness (QED) is 0.627. The van der Waals surface area contributed by atoms with Gasteiger partial charge in [0.05, 0.1) is 17.8 Å². The van der Waals surface area contributed by atoms with Gasteiger partial charge >= 0.3 is 0 Å². The highest BCUT2D eigenvalue weighted by Gasteiger charge is 1.96. The van der Waals surface area contributed by atoms with Crippen LogP contribution in [0, 0.1) is 11.3 Å². The van der Waals surface area contributed by atoms with E-state index in [1.54, 1.807) is 24.4 Å². The molecule has 2 aromatic carbocycles. The number of halogens is 1. The Morgan fingerprint density at radius 3 is 2.84 bits per heavy atom. The lowest BCUT2D eigenvalue weighted by Gasteiger charge is -2.00. The molecule has 0 saturated carbocycles. The maximum Gasteiger partial charge on any atom is 0.142 e. The molecule has 0 saturated heterocycles. The van der Waals surface area contributed by atoms with Gasteiger partial charge in [0.1, 0.15) is 6.61 Å². The van der Waals surface area contributed by atoms with Crippen LogP contribution in [-0.4, -0.2) is 6.21 Å². The number of oxime groups is 1. The molecule has 0 amide bonds. The highest BCUT2D eigenvalue weighted by Crippen LogP contribution is 2.12. The Labute approximate surface area is 116 Å². The molecule has 0 aliphatic carbocycles. The van der Waals surface area contributed by atoms with Gasteiger partial charge in [-0.15, -0.1) is 0 Å². The van der Waals surface area contributed by atoms with Crippen molar-refractivity contribution >= 4 is 17.8 Å². The van der Waals surface area contributed by atoms with E-state index in [0.29, 0.717) is 17.2 Å². The van der Waals surface area contributed by atoms with E-state index in [0.717, 1.165) is 11.1 Å². The lowest BCUT2D eigenvalue weighted by atomic mass is 10.1. The Hall–Kier alpha value is -2.31. The zero-order valence-corrected chi connectivity index (χ0v) is 10.8. The smallest absolute Gasteiger partial charge is 0.142 e. The van der Waals surface area contributed by atoms with Crippen LogP contribution in [0.5, 0.6) is 0 Å². The Bertz CT molecular complexity index is 632. The van der Waals surface area contributed by atoms with Gasteiger partial charge in [-0.05, 0) is 23.8 Å². The van der Waals surface area contributed by atoms with Crippen molar-refractivity contribution < 1.29 is 4.84 Å². The van der Waals surface area contributed by atoms with E-state index in [1.165, 1.54) is 0 Å². The first-order valence-corrected chi connectivity index (χ1v) is 6.06. The molecule has 0 aliphatic heterocycles. The minimum absolute atomic E-state index is 0.316. The lowest BCUT2D eigenvalue weighted by Crippen LogP contribution is -1.89. The Balaban J connectivity index is 1.93. The number of nitrogens with zero attached hydrogens (tertiary/aromatic N) is 2. The first-order valence-electron chi connectivity index (χ1n) is 5.68. The highest BCUT2D eigenvalue weighted by atomic mass is 35.5. The van der Waals surface area contributed by atoms with Crippen molar-refractivity contribution in [2.45, 2.75) is 6.61 Å². The topological polar surface area (TPSA) is 45.4 Å². The molecule has 2 aromatic rings. The summed E-state index contributed by atoms with van der Waals surface area (Å²) in [4.78, 5) is 5.18. The second-order valence-corrected chi connectivity index (χ2v) is 4.25. The van der Waals surface area contributed by atoms with Crippen LogP contribution in [0.25, 0.3) is 0 Å². The van der Waals surface area contributed by atoms with Gasteiger partial charge in [0.15, 0.2) is 0 Å². The van der Waals surface area contributed by atoms with E-state index in [-0.39, 0.29) is 0 Å². The minimum atomic E-state index is 0.316. The molecule has 4 heteroatoms. The summed E-state index contributed by atoms with van der Waals surface area (Å²) < 4.78 is 0. The third-order valence-corrected chi connectivity index (χ3v) is 2.80. The molecule has 19 heavy (non-hydrogen) atoms. The molecule has 0 radical (unpaired) electrons. The van der Waals surface area contributed by atoms with E-state index < -0.39 is 0 Å². The molecule has 0 aromatic heterocycles. The molecule has 0 aliphatic rings. The molecule has 0 unspecified atom stereocenters. The van der Waals surface area contributed by atoms with E-state index in [2.05, 4.69) is 11.2 Å². The lowest BCUT2D eigenvalue weighted by molar-refractivity contribution is 0.132. The molecule has 0 N–H and O–H groups in total. The van der Waals surface area contributed by atoms with Gasteiger partial charge in [-0.1, -0.05) is 47.1 Å². The van der Waals surface area contributed by atoms with Crippen molar-refractivity contribution in [2.75, 3.05) is 0 Å². The molecule has 0 bridgehead atoms. The van der Waals surface area contributed by atoms with Gasteiger partial charge in [-0.25, -0.2) is 0 Å². The van der Waals surface area contributed by atoms with Crippen LogP contribution >= 0.6 is 11.6 Å². The fraction of sp³-hybridized carbons (Fsp3) is 0.0667. The Morgan fingerprint density at radius 2 is 2.05 bits per heavy atom. The second-order valence-electron chi connectivity index (χ2n) is 3.84. The summed E-state index contributed by atoms with van der Waals surface area (Å²) in [6.07, 6.45) is 1.57. The molecule has 94 valence electrons. The highest BCUT2D eigenvalue weighted by molar-refractivity contribution is 6.33. The van der Waals surface area contributed by atoms with Crippen LogP contribution in [0.3, 0.4) is 0 Å². The number of nitriles is 1. The Kier molecular flexibility index (Phi) is 4.54. The minimum Gasteiger partial charge on any atom is -0.391 e. The second kappa shape index (κ2) is 6.58. The summed E-state index contributed by atoms with van der Waals surface area (Å²) in [6, 6.07) is 16.7. The van der Waals surface area contributed by atoms with Gasteiger partial charge in [-0.2, -0.15) is 5.26 Å². The van der Waals surface area contributed by atoms with Crippen molar-refractivity contribution in [1.82, 2.24) is 0 Å². The van der Waals surface area contributed by atoms with Crippen molar-refractivity contribution in [3.05, 3.63) is 70.2 Å². The zero-order valence-electron chi connectivity index (χ0n) is 10.1. The Morgan fingerprint density at radius 1 is 1.21 bits per heavy atom. The molecule has 0 heterocycles. The number of benzene rings is 2. The van der Waals surface area contributed by atoms with Crippen LogP contribution < -0.4 is 0 Å². The number of hydrogen-bond acceptors (Lipinski definition) is 3. The summed E-state index contributed by atoms with van der Waals surface area (Å²) >= 11 is 5.98. The number of rotatable bonds is 4. The fourth-order valence-corrected chi connectivity index (χ4v) is 1.70. The number of hydrogen-bond donors (Lipinski definition) is 0. The van der Waals surface area contributed by atoms with Gasteiger partial charge in [0.25, 0.3) is 0 Å². The molecular weight excluding hydrogens is 260 g/mol. The third-order valence-electron chi connectivity index (χ3n) is 2.46. The predicted molar refractivity (Wildman–Crippen MR) is 75.0 cm³/mol. The van der Waals surface area contributed by atoms with Crippen molar-refractivity contribution in [2.24, 2.45) is 5.16 Å². The average molecular weight is 271 g/mol. The summed E-state index contributed by atoms with van der Waals surface area (Å²) in [6.45, 7) is 0.316. The molecule has 2 rings (SSSR count). The van der Waals surface area contributed by atoms with Gasteiger partial charge < -0.3 is 4.84 Å². The largest absolute Gasteiger partial charge is 0.391 e. The summed E-state index contributed by atoms with van der Waals surface area (Å²) in [5, 5.41) is 13.3. The van der Waals surface area contributed by atoms with Crippen LogP contribution in [-0.2, 0) is 11.4 Å². The first-order chi connectivity index (χ1) is 9.29. The molecule has 3 nitrogen and oxygen atoms in total. The van der Waals surface area contributed by atoms with E-state index >= 15 is 0 Å². The van der Waals surface area contributed by atoms with Crippen molar-refractivity contribution in [3.63, 3.8) is 0 Å². The molecule has 0 atom stereocenters. The van der Waals surface area contributed by atoms with Crippen molar-refractivity contribution in [3.8, 4) is 6.07 Å². The van der Waals surface area contributed by atoms with Crippen LogP contribution in [0.1, 0.15) is 16.7 Å².